The lowest BCUT2D eigenvalue weighted by Crippen LogP contribution is -2.55. The van der Waals surface area contributed by atoms with Crippen LogP contribution in [0.1, 0.15) is 38.8 Å². The molecule has 0 spiro atoms. The van der Waals surface area contributed by atoms with Crippen LogP contribution < -0.4 is 19.1 Å². The van der Waals surface area contributed by atoms with Gasteiger partial charge in [-0.1, -0.05) is 48.0 Å². The molecule has 0 aromatic heterocycles. The van der Waals surface area contributed by atoms with Gasteiger partial charge < -0.3 is 19.7 Å². The molecule has 3 aromatic carbocycles. The second kappa shape index (κ2) is 13.7. The van der Waals surface area contributed by atoms with Crippen LogP contribution in [0.15, 0.2) is 77.7 Å². The van der Waals surface area contributed by atoms with Crippen molar-refractivity contribution in [2.75, 3.05) is 31.6 Å². The molecule has 1 N–H and O–H groups in total. The standard InChI is InChI=1S/C32H41N3O6S/c1-23-13-16-27(17-14-23)42(38,39)35(28-21-26(40-6)15-18-29(28)41-7)22-30(36)34(20-19-25-11-9-8-10-12-25)24(2)31(37)33-32(3,4)5/h8-18,21,24H,19-20,22H2,1-7H3,(H,33,37). The lowest BCUT2D eigenvalue weighted by molar-refractivity contribution is -0.139. The molecule has 42 heavy (non-hydrogen) atoms. The topological polar surface area (TPSA) is 105 Å². The highest BCUT2D eigenvalue weighted by atomic mass is 32.2. The molecule has 1 atom stereocenters. The maximum absolute atomic E-state index is 14.1. The average molecular weight is 596 g/mol. The number of nitrogens with one attached hydrogen (secondary N) is 1. The van der Waals surface area contributed by atoms with E-state index in [2.05, 4.69) is 5.32 Å². The van der Waals surface area contributed by atoms with Crippen LogP contribution in [0, 0.1) is 6.92 Å². The molecule has 0 saturated heterocycles. The summed E-state index contributed by atoms with van der Waals surface area (Å²) in [4.78, 5) is 28.8. The van der Waals surface area contributed by atoms with Crippen LogP contribution in [0.3, 0.4) is 0 Å². The Labute approximate surface area is 249 Å². The number of hydrogen-bond acceptors (Lipinski definition) is 6. The van der Waals surface area contributed by atoms with E-state index in [-0.39, 0.29) is 28.8 Å². The molecular weight excluding hydrogens is 554 g/mol. The number of rotatable bonds is 12. The third kappa shape index (κ3) is 8.25. The Morgan fingerprint density at radius 2 is 1.57 bits per heavy atom. The Morgan fingerprint density at radius 3 is 2.14 bits per heavy atom. The number of amides is 2. The molecule has 2 amide bonds. The quantitative estimate of drug-likeness (QED) is 0.329. The van der Waals surface area contributed by atoms with Crippen molar-refractivity contribution in [2.45, 2.75) is 57.5 Å². The summed E-state index contributed by atoms with van der Waals surface area (Å²) in [7, 11) is -1.36. The van der Waals surface area contributed by atoms with Gasteiger partial charge in [0.25, 0.3) is 10.0 Å². The minimum absolute atomic E-state index is 0.0140. The SMILES string of the molecule is COc1ccc(OC)c(N(CC(=O)N(CCc2ccccc2)C(C)C(=O)NC(C)(C)C)S(=O)(=O)c2ccc(C)cc2)c1. The number of methoxy groups -OCH3 is 2. The van der Waals surface area contributed by atoms with Gasteiger partial charge in [-0.25, -0.2) is 8.42 Å². The Morgan fingerprint density at radius 1 is 0.929 bits per heavy atom. The molecule has 0 aliphatic heterocycles. The molecule has 0 bridgehead atoms. The molecule has 0 saturated carbocycles. The van der Waals surface area contributed by atoms with Crippen molar-refractivity contribution in [1.29, 1.82) is 0 Å². The van der Waals surface area contributed by atoms with Crippen LogP contribution in [0.25, 0.3) is 0 Å². The lowest BCUT2D eigenvalue weighted by atomic mass is 10.1. The van der Waals surface area contributed by atoms with Crippen LogP contribution in [0.2, 0.25) is 0 Å². The number of anilines is 1. The zero-order valence-corrected chi connectivity index (χ0v) is 26.2. The third-order valence-electron chi connectivity index (χ3n) is 6.69. The van der Waals surface area contributed by atoms with Crippen molar-refractivity contribution < 1.29 is 27.5 Å². The molecule has 0 fully saturated rings. The van der Waals surface area contributed by atoms with Gasteiger partial charge in [-0.3, -0.25) is 13.9 Å². The Balaban J connectivity index is 2.08. The first kappa shape index (κ1) is 32.5. The van der Waals surface area contributed by atoms with Crippen molar-refractivity contribution in [2.24, 2.45) is 0 Å². The first-order valence-corrected chi connectivity index (χ1v) is 15.2. The predicted octanol–water partition coefficient (Wildman–Crippen LogP) is 4.58. The van der Waals surface area contributed by atoms with Crippen LogP contribution in [-0.2, 0) is 26.0 Å². The summed E-state index contributed by atoms with van der Waals surface area (Å²) in [5.41, 5.74) is 1.49. The first-order valence-electron chi connectivity index (χ1n) is 13.7. The summed E-state index contributed by atoms with van der Waals surface area (Å²) >= 11 is 0. The lowest BCUT2D eigenvalue weighted by Gasteiger charge is -2.33. The molecule has 0 heterocycles. The second-order valence-electron chi connectivity index (χ2n) is 11.1. The molecule has 0 aliphatic rings. The molecule has 0 aliphatic carbocycles. The van der Waals surface area contributed by atoms with E-state index in [1.807, 2.05) is 58.0 Å². The summed E-state index contributed by atoms with van der Waals surface area (Å²) in [5, 5.41) is 2.93. The number of nitrogens with zero attached hydrogens (tertiary/aromatic N) is 2. The first-order chi connectivity index (χ1) is 19.8. The Bertz CT molecular complexity index is 1470. The van der Waals surface area contributed by atoms with E-state index in [9.17, 15) is 18.0 Å². The highest BCUT2D eigenvalue weighted by molar-refractivity contribution is 7.92. The van der Waals surface area contributed by atoms with Gasteiger partial charge >= 0.3 is 0 Å². The number of hydrogen-bond donors (Lipinski definition) is 1. The largest absolute Gasteiger partial charge is 0.497 e. The zero-order chi connectivity index (χ0) is 31.1. The van der Waals surface area contributed by atoms with Gasteiger partial charge in [0.2, 0.25) is 11.8 Å². The number of benzene rings is 3. The summed E-state index contributed by atoms with van der Waals surface area (Å²) in [6.45, 7) is 8.72. The smallest absolute Gasteiger partial charge is 0.264 e. The number of aryl methyl sites for hydroxylation is 1. The predicted molar refractivity (Wildman–Crippen MR) is 164 cm³/mol. The van der Waals surface area contributed by atoms with Gasteiger partial charge in [-0.05, 0) is 70.9 Å². The molecule has 3 rings (SSSR count). The van der Waals surface area contributed by atoms with Gasteiger partial charge in [0, 0.05) is 18.2 Å². The number of ether oxygens (including phenoxy) is 2. The fourth-order valence-electron chi connectivity index (χ4n) is 4.39. The molecule has 3 aromatic rings. The molecule has 9 nitrogen and oxygen atoms in total. The van der Waals surface area contributed by atoms with Crippen LogP contribution >= 0.6 is 0 Å². The Hall–Kier alpha value is -4.05. The van der Waals surface area contributed by atoms with Gasteiger partial charge in [0.1, 0.15) is 24.1 Å². The van der Waals surface area contributed by atoms with Crippen LogP contribution in [0.4, 0.5) is 5.69 Å². The maximum Gasteiger partial charge on any atom is 0.264 e. The van der Waals surface area contributed by atoms with E-state index in [4.69, 9.17) is 9.47 Å². The van der Waals surface area contributed by atoms with E-state index in [1.165, 1.54) is 37.3 Å². The fourth-order valence-corrected chi connectivity index (χ4v) is 5.80. The molecular formula is C32H41N3O6S. The van der Waals surface area contributed by atoms with Crippen molar-refractivity contribution >= 4 is 27.5 Å². The van der Waals surface area contributed by atoms with Crippen LogP contribution in [0.5, 0.6) is 11.5 Å². The third-order valence-corrected chi connectivity index (χ3v) is 8.47. The zero-order valence-electron chi connectivity index (χ0n) is 25.4. The van der Waals surface area contributed by atoms with Crippen molar-refractivity contribution in [3.05, 3.63) is 83.9 Å². The summed E-state index contributed by atoms with van der Waals surface area (Å²) in [6.07, 6.45) is 0.479. The van der Waals surface area contributed by atoms with Gasteiger partial charge in [-0.2, -0.15) is 0 Å². The highest BCUT2D eigenvalue weighted by Crippen LogP contribution is 2.36. The second-order valence-corrected chi connectivity index (χ2v) is 13.0. The maximum atomic E-state index is 14.1. The van der Waals surface area contributed by atoms with Crippen molar-refractivity contribution in [3.63, 3.8) is 0 Å². The van der Waals surface area contributed by atoms with Crippen molar-refractivity contribution in [3.8, 4) is 11.5 Å². The van der Waals surface area contributed by atoms with E-state index in [0.717, 1.165) is 15.4 Å². The van der Waals surface area contributed by atoms with Gasteiger partial charge in [0.15, 0.2) is 0 Å². The highest BCUT2D eigenvalue weighted by Gasteiger charge is 2.34. The van der Waals surface area contributed by atoms with Crippen molar-refractivity contribution in [1.82, 2.24) is 10.2 Å². The number of carbonyl (C=O) groups is 2. The minimum Gasteiger partial charge on any atom is -0.497 e. The van der Waals surface area contributed by atoms with Gasteiger partial charge in [0.05, 0.1) is 24.8 Å². The van der Waals surface area contributed by atoms with Gasteiger partial charge in [-0.15, -0.1) is 0 Å². The van der Waals surface area contributed by atoms with E-state index in [1.54, 1.807) is 31.2 Å². The van der Waals surface area contributed by atoms with Crippen LogP contribution in [-0.4, -0.2) is 64.0 Å². The summed E-state index contributed by atoms with van der Waals surface area (Å²) < 4.78 is 40.1. The average Bonchev–Trinajstić information content (AvgIpc) is 2.95. The molecule has 226 valence electrons. The van der Waals surface area contributed by atoms with E-state index >= 15 is 0 Å². The molecule has 1 unspecified atom stereocenters. The monoisotopic (exact) mass is 595 g/mol. The minimum atomic E-state index is -4.25. The van der Waals surface area contributed by atoms with E-state index in [0.29, 0.717) is 12.2 Å². The fraction of sp³-hybridized carbons (Fsp3) is 0.375. The summed E-state index contributed by atoms with van der Waals surface area (Å²) in [5.74, 6) is -0.242. The molecule has 0 radical (unpaired) electrons. The normalized spacial score (nSPS) is 12.3. The number of carbonyl (C=O) groups excluding carboxylic acids is 2. The molecule has 10 heteroatoms. The Kier molecular flexibility index (Phi) is 10.6. The summed E-state index contributed by atoms with van der Waals surface area (Å²) in [6, 6.07) is 19.9. The van der Waals surface area contributed by atoms with E-state index < -0.39 is 34.1 Å². The number of sulfonamides is 1.